The standard InChI is InChI=1S/C14H23N5O4/c1-9-7-19(8-10(2)22-9)5-4-11(20)16-6-12-17-13(18-23-12)14(21)15-3/h9-10H,4-8H2,1-3H3,(H,15,21)(H,16,20)/t9-,10+. The largest absolute Gasteiger partial charge is 0.373 e. The van der Waals surface area contributed by atoms with E-state index >= 15 is 0 Å². The van der Waals surface area contributed by atoms with Crippen LogP contribution in [0.15, 0.2) is 4.52 Å². The maximum absolute atomic E-state index is 11.9. The number of amides is 2. The van der Waals surface area contributed by atoms with Crippen molar-refractivity contribution in [1.29, 1.82) is 0 Å². The molecule has 0 spiro atoms. The molecule has 1 fully saturated rings. The van der Waals surface area contributed by atoms with E-state index in [9.17, 15) is 9.59 Å². The van der Waals surface area contributed by atoms with E-state index in [4.69, 9.17) is 9.26 Å². The van der Waals surface area contributed by atoms with Crippen LogP contribution in [0.25, 0.3) is 0 Å². The molecule has 2 rings (SSSR count). The fourth-order valence-electron chi connectivity index (χ4n) is 2.52. The van der Waals surface area contributed by atoms with Crippen LogP contribution in [0.2, 0.25) is 0 Å². The molecule has 1 aliphatic heterocycles. The van der Waals surface area contributed by atoms with Gasteiger partial charge in [-0.15, -0.1) is 0 Å². The van der Waals surface area contributed by atoms with Gasteiger partial charge in [0, 0.05) is 33.1 Å². The van der Waals surface area contributed by atoms with E-state index in [0.717, 1.165) is 13.1 Å². The Bertz CT molecular complexity index is 537. The third kappa shape index (κ3) is 5.29. The molecular weight excluding hydrogens is 302 g/mol. The summed E-state index contributed by atoms with van der Waals surface area (Å²) in [6.07, 6.45) is 0.752. The van der Waals surface area contributed by atoms with E-state index in [-0.39, 0.29) is 36.4 Å². The summed E-state index contributed by atoms with van der Waals surface area (Å²) in [5.41, 5.74) is 0. The van der Waals surface area contributed by atoms with Crippen molar-refractivity contribution in [2.75, 3.05) is 26.7 Å². The maximum atomic E-state index is 11.9. The summed E-state index contributed by atoms with van der Waals surface area (Å²) >= 11 is 0. The number of aromatic nitrogens is 2. The van der Waals surface area contributed by atoms with E-state index in [2.05, 4.69) is 25.7 Å². The second-order valence-electron chi connectivity index (χ2n) is 5.63. The SMILES string of the molecule is CNC(=O)c1noc(CNC(=O)CCN2C[C@@H](C)O[C@@H](C)C2)n1. The van der Waals surface area contributed by atoms with Gasteiger partial charge in [0.25, 0.3) is 11.7 Å². The van der Waals surface area contributed by atoms with Gasteiger partial charge < -0.3 is 19.9 Å². The predicted molar refractivity (Wildman–Crippen MR) is 80.6 cm³/mol. The first-order chi connectivity index (χ1) is 11.0. The van der Waals surface area contributed by atoms with Gasteiger partial charge in [0.05, 0.1) is 18.8 Å². The molecule has 0 bridgehead atoms. The zero-order chi connectivity index (χ0) is 16.8. The van der Waals surface area contributed by atoms with Crippen molar-refractivity contribution in [3.8, 4) is 0 Å². The second-order valence-corrected chi connectivity index (χ2v) is 5.63. The van der Waals surface area contributed by atoms with Gasteiger partial charge in [-0.3, -0.25) is 14.5 Å². The van der Waals surface area contributed by atoms with E-state index in [1.165, 1.54) is 7.05 Å². The summed E-state index contributed by atoms with van der Waals surface area (Å²) in [6.45, 7) is 6.51. The number of carbonyl (C=O) groups excluding carboxylic acids is 2. The Kier molecular flexibility index (Phi) is 6.05. The third-order valence-corrected chi connectivity index (χ3v) is 3.49. The Balaban J connectivity index is 1.71. The fraction of sp³-hybridized carbons (Fsp3) is 0.714. The lowest BCUT2D eigenvalue weighted by atomic mass is 10.2. The minimum absolute atomic E-state index is 0.0481. The number of morpholine rings is 1. The zero-order valence-electron chi connectivity index (χ0n) is 13.7. The number of ether oxygens (including phenoxy) is 1. The summed E-state index contributed by atoms with van der Waals surface area (Å²) in [6, 6.07) is 0. The number of nitrogens with one attached hydrogen (secondary N) is 2. The van der Waals surface area contributed by atoms with Crippen molar-refractivity contribution < 1.29 is 18.8 Å². The molecule has 0 saturated carbocycles. The molecule has 9 nitrogen and oxygen atoms in total. The van der Waals surface area contributed by atoms with Gasteiger partial charge in [-0.1, -0.05) is 5.16 Å². The van der Waals surface area contributed by atoms with Crippen LogP contribution < -0.4 is 10.6 Å². The molecule has 23 heavy (non-hydrogen) atoms. The lowest BCUT2D eigenvalue weighted by Gasteiger charge is -2.35. The zero-order valence-corrected chi connectivity index (χ0v) is 13.7. The van der Waals surface area contributed by atoms with Crippen LogP contribution in [0.5, 0.6) is 0 Å². The van der Waals surface area contributed by atoms with Gasteiger partial charge >= 0.3 is 0 Å². The molecule has 1 aliphatic rings. The molecule has 1 saturated heterocycles. The Morgan fingerprint density at radius 3 is 2.65 bits per heavy atom. The number of hydrogen-bond acceptors (Lipinski definition) is 7. The third-order valence-electron chi connectivity index (χ3n) is 3.49. The van der Waals surface area contributed by atoms with Gasteiger partial charge in [0.2, 0.25) is 11.8 Å². The topological polar surface area (TPSA) is 110 Å². The van der Waals surface area contributed by atoms with Crippen molar-refractivity contribution >= 4 is 11.8 Å². The van der Waals surface area contributed by atoms with Crippen molar-refractivity contribution in [2.24, 2.45) is 0 Å². The molecule has 1 aromatic rings. The first-order valence-electron chi connectivity index (χ1n) is 7.67. The van der Waals surface area contributed by atoms with Gasteiger partial charge in [-0.2, -0.15) is 4.98 Å². The van der Waals surface area contributed by atoms with E-state index < -0.39 is 5.91 Å². The van der Waals surface area contributed by atoms with Crippen LogP contribution in [-0.2, 0) is 16.1 Å². The van der Waals surface area contributed by atoms with Gasteiger partial charge in [0.1, 0.15) is 0 Å². The quantitative estimate of drug-likeness (QED) is 0.728. The highest BCUT2D eigenvalue weighted by atomic mass is 16.5. The average Bonchev–Trinajstić information content (AvgIpc) is 2.98. The first-order valence-corrected chi connectivity index (χ1v) is 7.67. The highest BCUT2D eigenvalue weighted by molar-refractivity contribution is 5.89. The average molecular weight is 325 g/mol. The number of hydrogen-bond donors (Lipinski definition) is 2. The maximum Gasteiger partial charge on any atom is 0.292 e. The van der Waals surface area contributed by atoms with Crippen LogP contribution in [0.4, 0.5) is 0 Å². The lowest BCUT2D eigenvalue weighted by molar-refractivity contribution is -0.122. The highest BCUT2D eigenvalue weighted by Crippen LogP contribution is 2.10. The molecule has 0 unspecified atom stereocenters. The van der Waals surface area contributed by atoms with E-state index in [0.29, 0.717) is 13.0 Å². The van der Waals surface area contributed by atoms with Crippen LogP contribution in [-0.4, -0.2) is 65.7 Å². The lowest BCUT2D eigenvalue weighted by Crippen LogP contribution is -2.46. The molecule has 0 aromatic carbocycles. The predicted octanol–water partition coefficient (Wildman–Crippen LogP) is -0.455. The van der Waals surface area contributed by atoms with Crippen molar-refractivity contribution in [3.63, 3.8) is 0 Å². The monoisotopic (exact) mass is 325 g/mol. The number of carbonyl (C=O) groups is 2. The molecule has 1 aromatic heterocycles. The van der Waals surface area contributed by atoms with Crippen LogP contribution >= 0.6 is 0 Å². The Morgan fingerprint density at radius 2 is 2.00 bits per heavy atom. The highest BCUT2D eigenvalue weighted by Gasteiger charge is 2.22. The molecule has 2 atom stereocenters. The number of rotatable bonds is 6. The molecule has 2 N–H and O–H groups in total. The normalized spacial score (nSPS) is 21.9. The molecular formula is C14H23N5O4. The molecule has 0 radical (unpaired) electrons. The molecule has 2 heterocycles. The van der Waals surface area contributed by atoms with Gasteiger partial charge in [0.15, 0.2) is 0 Å². The van der Waals surface area contributed by atoms with E-state index in [1.807, 2.05) is 13.8 Å². The first kappa shape index (κ1) is 17.4. The van der Waals surface area contributed by atoms with Gasteiger partial charge in [-0.05, 0) is 13.8 Å². The van der Waals surface area contributed by atoms with Crippen molar-refractivity contribution in [3.05, 3.63) is 11.7 Å². The van der Waals surface area contributed by atoms with Crippen molar-refractivity contribution in [1.82, 2.24) is 25.7 Å². The Morgan fingerprint density at radius 1 is 1.30 bits per heavy atom. The fourth-order valence-corrected chi connectivity index (χ4v) is 2.52. The second kappa shape index (κ2) is 8.02. The minimum atomic E-state index is -0.429. The smallest absolute Gasteiger partial charge is 0.292 e. The van der Waals surface area contributed by atoms with Crippen molar-refractivity contribution in [2.45, 2.75) is 39.0 Å². The molecule has 0 aliphatic carbocycles. The van der Waals surface area contributed by atoms with Crippen LogP contribution in [0.3, 0.4) is 0 Å². The van der Waals surface area contributed by atoms with Gasteiger partial charge in [-0.25, -0.2) is 0 Å². The molecule has 128 valence electrons. The summed E-state index contributed by atoms with van der Waals surface area (Å²) in [4.78, 5) is 29.3. The summed E-state index contributed by atoms with van der Waals surface area (Å²) in [5.74, 6) is -0.378. The molecule has 9 heteroatoms. The molecule has 2 amide bonds. The van der Waals surface area contributed by atoms with Crippen LogP contribution in [0.1, 0.15) is 36.8 Å². The minimum Gasteiger partial charge on any atom is -0.373 e. The Hall–Kier alpha value is -2.00. The Labute approximate surface area is 134 Å². The van der Waals surface area contributed by atoms with Crippen LogP contribution in [0, 0.1) is 0 Å². The summed E-state index contributed by atoms with van der Waals surface area (Å²) in [5, 5.41) is 8.63. The summed E-state index contributed by atoms with van der Waals surface area (Å²) < 4.78 is 10.6. The summed E-state index contributed by atoms with van der Waals surface area (Å²) in [7, 11) is 1.48. The van der Waals surface area contributed by atoms with E-state index in [1.54, 1.807) is 0 Å². The number of nitrogens with zero attached hydrogens (tertiary/aromatic N) is 3.